The molecule has 0 radical (unpaired) electrons. The number of rotatable bonds is 12. The number of alkyl carbamates (subject to hydrolysis) is 2. The first-order valence-electron chi connectivity index (χ1n) is 11.6. The molecule has 3 N–H and O–H groups in total. The average Bonchev–Trinajstić information content (AvgIpc) is 2.75. The standard InChI is InChI=1S/C25H38N4O5/c1-18(2)15-21(29-24(32)33-17-19-11-7-6-8-12-19)22(30)28-20(16-26)13-9-10-14-27-23(31)34-25(3,4)5/h6-8,11-12,18,20-21H,9-10,13-15,17H2,1-5H3,(H,27,31)(H,28,30)(H,29,32)/t20-,21-/m0/s1. The van der Waals surface area contributed by atoms with Gasteiger partial charge in [-0.1, -0.05) is 44.2 Å². The fraction of sp³-hybridized carbons (Fsp3) is 0.600. The van der Waals surface area contributed by atoms with E-state index in [-0.39, 0.29) is 12.5 Å². The number of unbranched alkanes of at least 4 members (excludes halogenated alkanes) is 1. The minimum Gasteiger partial charge on any atom is -0.445 e. The third kappa shape index (κ3) is 13.3. The van der Waals surface area contributed by atoms with E-state index >= 15 is 0 Å². The Hall–Kier alpha value is -3.28. The van der Waals surface area contributed by atoms with Gasteiger partial charge in [-0.15, -0.1) is 0 Å². The maximum Gasteiger partial charge on any atom is 0.408 e. The van der Waals surface area contributed by atoms with Crippen LogP contribution in [0.2, 0.25) is 0 Å². The summed E-state index contributed by atoms with van der Waals surface area (Å²) in [7, 11) is 0. The van der Waals surface area contributed by atoms with Crippen LogP contribution in [0.15, 0.2) is 30.3 Å². The van der Waals surface area contributed by atoms with E-state index in [0.717, 1.165) is 5.56 Å². The molecule has 9 nitrogen and oxygen atoms in total. The average molecular weight is 475 g/mol. The Bertz CT molecular complexity index is 815. The number of carbonyl (C=O) groups excluding carboxylic acids is 3. The third-order valence-corrected chi connectivity index (χ3v) is 4.59. The fourth-order valence-electron chi connectivity index (χ4n) is 3.03. The Balaban J connectivity index is 2.46. The highest BCUT2D eigenvalue weighted by Gasteiger charge is 2.25. The summed E-state index contributed by atoms with van der Waals surface area (Å²) < 4.78 is 10.4. The Morgan fingerprint density at radius 2 is 1.71 bits per heavy atom. The minimum atomic E-state index is -0.812. The van der Waals surface area contributed by atoms with Gasteiger partial charge >= 0.3 is 12.2 Å². The first-order chi connectivity index (χ1) is 16.0. The molecular weight excluding hydrogens is 436 g/mol. The number of amides is 3. The second kappa shape index (κ2) is 14.8. The van der Waals surface area contributed by atoms with Gasteiger partial charge < -0.3 is 25.4 Å². The number of nitrogens with one attached hydrogen (secondary N) is 3. The number of benzene rings is 1. The maximum absolute atomic E-state index is 12.8. The molecule has 1 rings (SSSR count). The number of nitriles is 1. The van der Waals surface area contributed by atoms with E-state index in [1.807, 2.05) is 44.2 Å². The van der Waals surface area contributed by atoms with Crippen LogP contribution in [0.4, 0.5) is 9.59 Å². The van der Waals surface area contributed by atoms with Crippen LogP contribution in [0.3, 0.4) is 0 Å². The lowest BCUT2D eigenvalue weighted by atomic mass is 10.0. The van der Waals surface area contributed by atoms with Crippen molar-refractivity contribution in [1.29, 1.82) is 5.26 Å². The Labute approximate surface area is 202 Å². The van der Waals surface area contributed by atoms with E-state index in [2.05, 4.69) is 22.0 Å². The van der Waals surface area contributed by atoms with Gasteiger partial charge in [0.2, 0.25) is 5.91 Å². The summed E-state index contributed by atoms with van der Waals surface area (Å²) in [5.41, 5.74) is 0.280. The molecule has 0 aromatic heterocycles. The molecule has 0 aliphatic heterocycles. The summed E-state index contributed by atoms with van der Waals surface area (Å²) >= 11 is 0. The summed E-state index contributed by atoms with van der Waals surface area (Å²) in [6.07, 6.45) is 0.906. The molecule has 188 valence electrons. The largest absolute Gasteiger partial charge is 0.445 e. The molecule has 0 unspecified atom stereocenters. The van der Waals surface area contributed by atoms with Crippen molar-refractivity contribution in [2.75, 3.05) is 6.54 Å². The quantitative estimate of drug-likeness (QED) is 0.392. The molecule has 0 fully saturated rings. The molecule has 0 heterocycles. The highest BCUT2D eigenvalue weighted by molar-refractivity contribution is 5.86. The van der Waals surface area contributed by atoms with E-state index in [4.69, 9.17) is 9.47 Å². The zero-order valence-corrected chi connectivity index (χ0v) is 20.8. The second-order valence-corrected chi connectivity index (χ2v) is 9.50. The van der Waals surface area contributed by atoms with Crippen LogP contribution in [-0.2, 0) is 20.9 Å². The zero-order valence-electron chi connectivity index (χ0n) is 20.8. The molecule has 0 saturated carbocycles. The maximum atomic E-state index is 12.8. The van der Waals surface area contributed by atoms with Crippen molar-refractivity contribution < 1.29 is 23.9 Å². The molecule has 0 saturated heterocycles. The van der Waals surface area contributed by atoms with Crippen LogP contribution in [0.1, 0.15) is 65.9 Å². The van der Waals surface area contributed by atoms with Gasteiger partial charge in [-0.2, -0.15) is 5.26 Å². The first-order valence-corrected chi connectivity index (χ1v) is 11.6. The summed E-state index contributed by atoms with van der Waals surface area (Å²) in [5.74, 6) is -0.284. The van der Waals surface area contributed by atoms with Crippen molar-refractivity contribution in [3.05, 3.63) is 35.9 Å². The van der Waals surface area contributed by atoms with Gasteiger partial charge in [0.05, 0.1) is 6.07 Å². The number of carbonyl (C=O) groups is 3. The molecule has 34 heavy (non-hydrogen) atoms. The van der Waals surface area contributed by atoms with Crippen LogP contribution in [0.25, 0.3) is 0 Å². The lowest BCUT2D eigenvalue weighted by molar-refractivity contribution is -0.123. The fourth-order valence-corrected chi connectivity index (χ4v) is 3.03. The van der Waals surface area contributed by atoms with E-state index in [9.17, 15) is 19.6 Å². The summed E-state index contributed by atoms with van der Waals surface area (Å²) in [6, 6.07) is 9.82. The van der Waals surface area contributed by atoms with Crippen molar-refractivity contribution in [2.24, 2.45) is 5.92 Å². The van der Waals surface area contributed by atoms with Gasteiger partial charge in [0, 0.05) is 6.54 Å². The van der Waals surface area contributed by atoms with Gasteiger partial charge in [0.1, 0.15) is 24.3 Å². The molecule has 1 aromatic rings. The molecule has 0 spiro atoms. The molecular formula is C25H38N4O5. The Morgan fingerprint density at radius 3 is 2.29 bits per heavy atom. The van der Waals surface area contributed by atoms with E-state index in [0.29, 0.717) is 32.2 Å². The first kappa shape index (κ1) is 28.8. The van der Waals surface area contributed by atoms with Gasteiger partial charge in [-0.25, -0.2) is 9.59 Å². The smallest absolute Gasteiger partial charge is 0.408 e. The molecule has 9 heteroatoms. The van der Waals surface area contributed by atoms with E-state index in [1.54, 1.807) is 20.8 Å². The summed E-state index contributed by atoms with van der Waals surface area (Å²) in [5, 5.41) is 17.4. The number of hydrogen-bond donors (Lipinski definition) is 3. The molecule has 2 atom stereocenters. The van der Waals surface area contributed by atoms with Gasteiger partial charge in [0.25, 0.3) is 0 Å². The lowest BCUT2D eigenvalue weighted by Crippen LogP contribution is -2.50. The highest BCUT2D eigenvalue weighted by Crippen LogP contribution is 2.09. The molecule has 1 aromatic carbocycles. The molecule has 0 aliphatic rings. The van der Waals surface area contributed by atoms with Crippen molar-refractivity contribution in [2.45, 2.75) is 84.6 Å². The lowest BCUT2D eigenvalue weighted by Gasteiger charge is -2.22. The van der Waals surface area contributed by atoms with Crippen LogP contribution in [-0.4, -0.2) is 42.3 Å². The Morgan fingerprint density at radius 1 is 1.03 bits per heavy atom. The van der Waals surface area contributed by atoms with Gasteiger partial charge in [-0.3, -0.25) is 4.79 Å². The van der Waals surface area contributed by atoms with E-state index in [1.165, 1.54) is 0 Å². The predicted molar refractivity (Wildman–Crippen MR) is 129 cm³/mol. The Kier molecular flexibility index (Phi) is 12.5. The van der Waals surface area contributed by atoms with Crippen molar-refractivity contribution >= 4 is 18.1 Å². The van der Waals surface area contributed by atoms with Crippen molar-refractivity contribution in [1.82, 2.24) is 16.0 Å². The number of nitrogens with zero attached hydrogens (tertiary/aromatic N) is 1. The monoisotopic (exact) mass is 474 g/mol. The molecule has 0 aliphatic carbocycles. The van der Waals surface area contributed by atoms with Crippen LogP contribution >= 0.6 is 0 Å². The van der Waals surface area contributed by atoms with Crippen LogP contribution < -0.4 is 16.0 Å². The van der Waals surface area contributed by atoms with Crippen molar-refractivity contribution in [3.8, 4) is 6.07 Å². The zero-order chi connectivity index (χ0) is 25.6. The summed E-state index contributed by atoms with van der Waals surface area (Å²) in [6.45, 7) is 9.76. The highest BCUT2D eigenvalue weighted by atomic mass is 16.6. The van der Waals surface area contributed by atoms with Gasteiger partial charge in [-0.05, 0) is 57.9 Å². The third-order valence-electron chi connectivity index (χ3n) is 4.59. The number of ether oxygens (including phenoxy) is 2. The van der Waals surface area contributed by atoms with Gasteiger partial charge in [0.15, 0.2) is 0 Å². The molecule has 0 bridgehead atoms. The van der Waals surface area contributed by atoms with Crippen molar-refractivity contribution in [3.63, 3.8) is 0 Å². The topological polar surface area (TPSA) is 130 Å². The summed E-state index contributed by atoms with van der Waals surface area (Å²) in [4.78, 5) is 36.6. The van der Waals surface area contributed by atoms with Crippen LogP contribution in [0, 0.1) is 17.2 Å². The molecule has 3 amide bonds. The second-order valence-electron chi connectivity index (χ2n) is 9.50. The minimum absolute atomic E-state index is 0.0981. The normalized spacial score (nSPS) is 12.7. The SMILES string of the molecule is CC(C)C[C@H](NC(=O)OCc1ccccc1)C(=O)N[C@H](C#N)CCCCNC(=O)OC(C)(C)C. The predicted octanol–water partition coefficient (Wildman–Crippen LogP) is 4.03. The number of hydrogen-bond acceptors (Lipinski definition) is 6. The van der Waals surface area contributed by atoms with Crippen LogP contribution in [0.5, 0.6) is 0 Å². The van der Waals surface area contributed by atoms with E-state index < -0.39 is 35.8 Å².